The Kier molecular flexibility index (Phi) is 3.52. The summed E-state index contributed by atoms with van der Waals surface area (Å²) in [6, 6.07) is 11.4. The third kappa shape index (κ3) is 2.69. The standard InChI is InChI=1S/C17H15ClN2O/c1-10-3-5-13(7-11(10)2)19-9-15-14-8-12(18)4-6-16(14)20-17(15)21/h3-9,15H,1-2H3,(H,20,21). The highest BCUT2D eigenvalue weighted by Crippen LogP contribution is 2.33. The van der Waals surface area contributed by atoms with Gasteiger partial charge in [-0.3, -0.25) is 9.79 Å². The molecule has 1 amide bonds. The molecule has 0 aromatic heterocycles. The Hall–Kier alpha value is -2.13. The van der Waals surface area contributed by atoms with Crippen LogP contribution in [0.25, 0.3) is 0 Å². The lowest BCUT2D eigenvalue weighted by molar-refractivity contribution is -0.115. The number of benzene rings is 2. The molecule has 106 valence electrons. The fraction of sp³-hybridized carbons (Fsp3) is 0.176. The van der Waals surface area contributed by atoms with Gasteiger partial charge in [-0.05, 0) is 60.9 Å². The molecule has 2 aromatic rings. The normalized spacial score (nSPS) is 17.1. The lowest BCUT2D eigenvalue weighted by atomic mass is 10.0. The van der Waals surface area contributed by atoms with Crippen LogP contribution in [0.3, 0.4) is 0 Å². The third-order valence-corrected chi connectivity index (χ3v) is 3.99. The maximum Gasteiger partial charge on any atom is 0.237 e. The molecule has 0 saturated heterocycles. The molecule has 3 rings (SSSR count). The first-order valence-electron chi connectivity index (χ1n) is 6.76. The van der Waals surface area contributed by atoms with Gasteiger partial charge in [0.2, 0.25) is 5.91 Å². The lowest BCUT2D eigenvalue weighted by Gasteiger charge is -2.04. The smallest absolute Gasteiger partial charge is 0.237 e. The largest absolute Gasteiger partial charge is 0.325 e. The second-order valence-corrected chi connectivity index (χ2v) is 5.68. The van der Waals surface area contributed by atoms with Crippen LogP contribution in [0.1, 0.15) is 22.6 Å². The van der Waals surface area contributed by atoms with Gasteiger partial charge in [0.05, 0.1) is 5.69 Å². The molecule has 1 unspecified atom stereocenters. The van der Waals surface area contributed by atoms with Gasteiger partial charge in [-0.25, -0.2) is 0 Å². The van der Waals surface area contributed by atoms with Crippen LogP contribution < -0.4 is 5.32 Å². The molecule has 1 atom stereocenters. The predicted octanol–water partition coefficient (Wildman–Crippen LogP) is 4.40. The minimum Gasteiger partial charge on any atom is -0.325 e. The Bertz CT molecular complexity index is 752. The van der Waals surface area contributed by atoms with Crippen molar-refractivity contribution in [3.05, 3.63) is 58.1 Å². The van der Waals surface area contributed by atoms with Crippen LogP contribution >= 0.6 is 11.6 Å². The number of nitrogens with one attached hydrogen (secondary N) is 1. The van der Waals surface area contributed by atoms with Gasteiger partial charge < -0.3 is 5.32 Å². The molecule has 0 bridgehead atoms. The van der Waals surface area contributed by atoms with E-state index in [2.05, 4.69) is 17.2 Å². The summed E-state index contributed by atoms with van der Waals surface area (Å²) >= 11 is 6.01. The summed E-state index contributed by atoms with van der Waals surface area (Å²) in [7, 11) is 0. The Labute approximate surface area is 128 Å². The maximum atomic E-state index is 12.0. The first-order chi connectivity index (χ1) is 10.0. The third-order valence-electron chi connectivity index (χ3n) is 3.75. The van der Waals surface area contributed by atoms with E-state index < -0.39 is 0 Å². The average Bonchev–Trinajstić information content (AvgIpc) is 2.75. The Morgan fingerprint density at radius 1 is 1.14 bits per heavy atom. The number of fused-ring (bicyclic) bond motifs is 1. The first-order valence-corrected chi connectivity index (χ1v) is 7.14. The molecule has 0 saturated carbocycles. The molecular formula is C17H15ClN2O. The molecule has 21 heavy (non-hydrogen) atoms. The molecule has 0 radical (unpaired) electrons. The predicted molar refractivity (Wildman–Crippen MR) is 86.9 cm³/mol. The monoisotopic (exact) mass is 298 g/mol. The van der Waals surface area contributed by atoms with E-state index in [4.69, 9.17) is 11.6 Å². The van der Waals surface area contributed by atoms with Crippen molar-refractivity contribution in [3.8, 4) is 0 Å². The van der Waals surface area contributed by atoms with E-state index in [1.54, 1.807) is 12.3 Å². The molecule has 4 heteroatoms. The second kappa shape index (κ2) is 5.34. The number of aryl methyl sites for hydroxylation is 2. The number of anilines is 1. The summed E-state index contributed by atoms with van der Waals surface area (Å²) < 4.78 is 0. The fourth-order valence-corrected chi connectivity index (χ4v) is 2.55. The van der Waals surface area contributed by atoms with E-state index in [9.17, 15) is 4.79 Å². The van der Waals surface area contributed by atoms with Crippen molar-refractivity contribution in [3.63, 3.8) is 0 Å². The zero-order valence-electron chi connectivity index (χ0n) is 11.9. The van der Waals surface area contributed by atoms with E-state index in [0.717, 1.165) is 16.9 Å². The van der Waals surface area contributed by atoms with Gasteiger partial charge in [0.15, 0.2) is 0 Å². The maximum absolute atomic E-state index is 12.0. The van der Waals surface area contributed by atoms with Crippen LogP contribution in [0.15, 0.2) is 41.4 Å². The summed E-state index contributed by atoms with van der Waals surface area (Å²) in [6.45, 7) is 4.11. The topological polar surface area (TPSA) is 41.5 Å². The Morgan fingerprint density at radius 2 is 1.95 bits per heavy atom. The zero-order valence-corrected chi connectivity index (χ0v) is 12.6. The molecule has 1 N–H and O–H groups in total. The van der Waals surface area contributed by atoms with Crippen molar-refractivity contribution in [2.45, 2.75) is 19.8 Å². The van der Waals surface area contributed by atoms with Gasteiger partial charge in [0.1, 0.15) is 5.92 Å². The zero-order chi connectivity index (χ0) is 15.0. The quantitative estimate of drug-likeness (QED) is 0.821. The molecule has 0 aliphatic carbocycles. The van der Waals surface area contributed by atoms with E-state index in [1.807, 2.05) is 37.3 Å². The van der Waals surface area contributed by atoms with Crippen LogP contribution in [0, 0.1) is 13.8 Å². The number of rotatable bonds is 2. The summed E-state index contributed by atoms with van der Waals surface area (Å²) in [4.78, 5) is 16.5. The van der Waals surface area contributed by atoms with E-state index in [-0.39, 0.29) is 11.8 Å². The van der Waals surface area contributed by atoms with Crippen molar-refractivity contribution >= 4 is 35.1 Å². The van der Waals surface area contributed by atoms with Crippen molar-refractivity contribution in [2.24, 2.45) is 4.99 Å². The highest BCUT2D eigenvalue weighted by molar-refractivity contribution is 6.31. The number of hydrogen-bond donors (Lipinski definition) is 1. The van der Waals surface area contributed by atoms with Crippen molar-refractivity contribution in [1.29, 1.82) is 0 Å². The molecular weight excluding hydrogens is 284 g/mol. The SMILES string of the molecule is Cc1ccc(N=CC2C(=O)Nc3ccc(Cl)cc32)cc1C. The number of aliphatic imine (C=N–C) groups is 1. The minimum absolute atomic E-state index is 0.0696. The molecule has 2 aromatic carbocycles. The second-order valence-electron chi connectivity index (χ2n) is 5.25. The Balaban J connectivity index is 1.91. The number of halogens is 1. The number of nitrogens with zero attached hydrogens (tertiary/aromatic N) is 1. The fourth-order valence-electron chi connectivity index (χ4n) is 2.37. The molecule has 1 aliphatic heterocycles. The number of carbonyl (C=O) groups excluding carboxylic acids is 1. The molecule has 3 nitrogen and oxygen atoms in total. The number of hydrogen-bond acceptors (Lipinski definition) is 2. The minimum atomic E-state index is -0.389. The van der Waals surface area contributed by atoms with Crippen LogP contribution in [-0.4, -0.2) is 12.1 Å². The summed E-state index contributed by atoms with van der Waals surface area (Å²) in [6.07, 6.45) is 1.68. The van der Waals surface area contributed by atoms with Gasteiger partial charge in [-0.15, -0.1) is 0 Å². The van der Waals surface area contributed by atoms with E-state index >= 15 is 0 Å². The molecule has 1 heterocycles. The molecule has 0 fully saturated rings. The van der Waals surface area contributed by atoms with E-state index in [1.165, 1.54) is 11.1 Å². The van der Waals surface area contributed by atoms with Gasteiger partial charge in [-0.1, -0.05) is 17.7 Å². The summed E-state index contributed by atoms with van der Waals surface area (Å²) in [5.41, 5.74) is 4.94. The lowest BCUT2D eigenvalue weighted by Crippen LogP contribution is -2.12. The highest BCUT2D eigenvalue weighted by atomic mass is 35.5. The highest BCUT2D eigenvalue weighted by Gasteiger charge is 2.29. The number of amides is 1. The average molecular weight is 299 g/mol. The van der Waals surface area contributed by atoms with Gasteiger partial charge in [-0.2, -0.15) is 0 Å². The van der Waals surface area contributed by atoms with Crippen LogP contribution in [0.5, 0.6) is 0 Å². The molecule has 0 spiro atoms. The van der Waals surface area contributed by atoms with Crippen LogP contribution in [0.2, 0.25) is 5.02 Å². The van der Waals surface area contributed by atoms with Crippen LogP contribution in [-0.2, 0) is 4.79 Å². The molecule has 1 aliphatic rings. The van der Waals surface area contributed by atoms with Gasteiger partial charge in [0, 0.05) is 16.9 Å². The van der Waals surface area contributed by atoms with Crippen LogP contribution in [0.4, 0.5) is 11.4 Å². The summed E-state index contributed by atoms with van der Waals surface area (Å²) in [5, 5.41) is 3.46. The van der Waals surface area contributed by atoms with Gasteiger partial charge in [0.25, 0.3) is 0 Å². The van der Waals surface area contributed by atoms with Crippen molar-refractivity contribution < 1.29 is 4.79 Å². The Morgan fingerprint density at radius 3 is 2.71 bits per heavy atom. The van der Waals surface area contributed by atoms with Crippen molar-refractivity contribution in [1.82, 2.24) is 0 Å². The first kappa shape index (κ1) is 13.8. The van der Waals surface area contributed by atoms with Crippen molar-refractivity contribution in [2.75, 3.05) is 5.32 Å². The van der Waals surface area contributed by atoms with Gasteiger partial charge >= 0.3 is 0 Å². The number of carbonyl (C=O) groups is 1. The van der Waals surface area contributed by atoms with E-state index in [0.29, 0.717) is 5.02 Å². The summed E-state index contributed by atoms with van der Waals surface area (Å²) in [5.74, 6) is -0.458.